The Morgan fingerprint density at radius 3 is 2.45 bits per heavy atom. The van der Waals surface area contributed by atoms with E-state index in [9.17, 15) is 23.8 Å². The fourth-order valence-corrected chi connectivity index (χ4v) is 3.06. The summed E-state index contributed by atoms with van der Waals surface area (Å²) in [4.78, 5) is 44.8. The standard InChI is InChI=1S/C13H15FNO6P/c14-10-3-1-2-4-11(10)15-8-22(20,21)7-9(13(18)19)5-6-12(16)17/h1-4,8-9,20-21H,5-7H2,(H-,16,17,18,19)/p+1. The van der Waals surface area contributed by atoms with E-state index in [1.54, 1.807) is 0 Å². The predicted molar refractivity (Wildman–Crippen MR) is 78.8 cm³/mol. The zero-order valence-corrected chi connectivity index (χ0v) is 12.4. The lowest BCUT2D eigenvalue weighted by atomic mass is 10.1. The lowest BCUT2D eigenvalue weighted by molar-refractivity contribution is -0.142. The molecule has 0 aromatic heterocycles. The Morgan fingerprint density at radius 2 is 1.91 bits per heavy atom. The van der Waals surface area contributed by atoms with E-state index in [4.69, 9.17) is 10.2 Å². The van der Waals surface area contributed by atoms with Gasteiger partial charge in [0.05, 0.1) is 5.92 Å². The van der Waals surface area contributed by atoms with E-state index < -0.39 is 44.0 Å². The summed E-state index contributed by atoms with van der Waals surface area (Å²) in [6.07, 6.45) is -1.18. The van der Waals surface area contributed by atoms with Gasteiger partial charge in [-0.25, -0.2) is 19.2 Å². The monoisotopic (exact) mass is 332 g/mol. The zero-order chi connectivity index (χ0) is 16.8. The summed E-state index contributed by atoms with van der Waals surface area (Å²) in [5.41, 5.74) is -0.104. The van der Waals surface area contributed by atoms with Gasteiger partial charge in [-0.2, -0.15) is 0 Å². The number of hydrogen-bond acceptors (Lipinski definition) is 5. The fraction of sp³-hybridized carbons (Fsp3) is 0.308. The van der Waals surface area contributed by atoms with Crippen LogP contribution in [0.15, 0.2) is 29.3 Å². The average molecular weight is 332 g/mol. The van der Waals surface area contributed by atoms with Gasteiger partial charge in [0.25, 0.3) is 0 Å². The molecule has 1 aromatic rings. The SMILES string of the molecule is O=C(O)CCC(C[P+](O)(O)C=Nc1ccccc1F)C(=O)O. The fourth-order valence-electron chi connectivity index (χ4n) is 1.67. The van der Waals surface area contributed by atoms with Crippen LogP contribution >= 0.6 is 7.72 Å². The molecule has 9 heteroatoms. The van der Waals surface area contributed by atoms with Crippen LogP contribution in [0.1, 0.15) is 12.8 Å². The molecule has 0 saturated carbocycles. The molecule has 22 heavy (non-hydrogen) atoms. The van der Waals surface area contributed by atoms with E-state index >= 15 is 0 Å². The van der Waals surface area contributed by atoms with Crippen LogP contribution in [-0.2, 0) is 9.59 Å². The maximum atomic E-state index is 13.3. The van der Waals surface area contributed by atoms with Crippen molar-refractivity contribution >= 4 is 31.3 Å². The molecule has 120 valence electrons. The van der Waals surface area contributed by atoms with Crippen molar-refractivity contribution in [1.82, 2.24) is 0 Å². The molecule has 0 spiro atoms. The first-order valence-corrected chi connectivity index (χ1v) is 8.24. The van der Waals surface area contributed by atoms with Crippen molar-refractivity contribution in [2.75, 3.05) is 6.16 Å². The van der Waals surface area contributed by atoms with Crippen LogP contribution in [0.2, 0.25) is 0 Å². The Morgan fingerprint density at radius 1 is 1.27 bits per heavy atom. The molecule has 0 radical (unpaired) electrons. The minimum Gasteiger partial charge on any atom is -0.481 e. The average Bonchev–Trinajstić information content (AvgIpc) is 2.42. The minimum atomic E-state index is -3.83. The summed E-state index contributed by atoms with van der Waals surface area (Å²) < 4.78 is 13.3. The number of nitrogens with zero attached hydrogens (tertiary/aromatic N) is 1. The number of aliphatic carboxylic acids is 2. The van der Waals surface area contributed by atoms with Crippen molar-refractivity contribution in [3.8, 4) is 0 Å². The maximum absolute atomic E-state index is 13.3. The molecule has 0 aliphatic carbocycles. The first kappa shape index (κ1) is 18.2. The largest absolute Gasteiger partial charge is 0.481 e. The minimum absolute atomic E-state index is 0.104. The van der Waals surface area contributed by atoms with Crippen LogP contribution in [0.25, 0.3) is 0 Å². The topological polar surface area (TPSA) is 127 Å². The number of carboxylic acid groups (broad SMARTS) is 2. The molecule has 1 aromatic carbocycles. The van der Waals surface area contributed by atoms with Crippen LogP contribution in [0, 0.1) is 11.7 Å². The second kappa shape index (κ2) is 7.93. The van der Waals surface area contributed by atoms with E-state index in [0.717, 1.165) is 12.0 Å². The third-order valence-corrected chi connectivity index (χ3v) is 4.24. The van der Waals surface area contributed by atoms with Crippen molar-refractivity contribution < 1.29 is 34.0 Å². The van der Waals surface area contributed by atoms with Gasteiger partial charge in [-0.3, -0.25) is 9.59 Å². The van der Waals surface area contributed by atoms with Gasteiger partial charge in [0.2, 0.25) is 5.96 Å². The van der Waals surface area contributed by atoms with Crippen LogP contribution in [0.4, 0.5) is 10.1 Å². The molecule has 0 bridgehead atoms. The second-order valence-corrected chi connectivity index (χ2v) is 6.80. The Kier molecular flexibility index (Phi) is 6.55. The zero-order valence-electron chi connectivity index (χ0n) is 11.5. The van der Waals surface area contributed by atoms with Gasteiger partial charge in [0, 0.05) is 6.42 Å². The van der Waals surface area contributed by atoms with Crippen LogP contribution in [0.3, 0.4) is 0 Å². The third kappa shape index (κ3) is 6.26. The maximum Gasteiger partial charge on any atom is 0.312 e. The van der Waals surface area contributed by atoms with E-state index in [0.29, 0.717) is 0 Å². The molecule has 0 fully saturated rings. The molecule has 0 amide bonds. The molecule has 1 rings (SSSR count). The first-order valence-electron chi connectivity index (χ1n) is 6.29. The molecule has 0 aliphatic heterocycles. The lowest BCUT2D eigenvalue weighted by Crippen LogP contribution is -2.21. The van der Waals surface area contributed by atoms with Crippen molar-refractivity contribution in [2.45, 2.75) is 12.8 Å². The Balaban J connectivity index is 2.77. The molecule has 0 saturated heterocycles. The molecule has 1 unspecified atom stereocenters. The van der Waals surface area contributed by atoms with Gasteiger partial charge in [-0.15, -0.1) is 0 Å². The Labute approximate surface area is 126 Å². The summed E-state index contributed by atoms with van der Waals surface area (Å²) >= 11 is 0. The van der Waals surface area contributed by atoms with Crippen molar-refractivity contribution in [1.29, 1.82) is 0 Å². The van der Waals surface area contributed by atoms with Gasteiger partial charge < -0.3 is 10.2 Å². The van der Waals surface area contributed by atoms with Crippen LogP contribution < -0.4 is 0 Å². The van der Waals surface area contributed by atoms with Gasteiger partial charge in [0.15, 0.2) is 0 Å². The highest BCUT2D eigenvalue weighted by atomic mass is 31.2. The highest BCUT2D eigenvalue weighted by molar-refractivity contribution is 7.79. The number of hydrogen-bond donors (Lipinski definition) is 4. The number of carboxylic acids is 2. The van der Waals surface area contributed by atoms with E-state index in [-0.39, 0.29) is 12.1 Å². The number of para-hydroxylation sites is 1. The lowest BCUT2D eigenvalue weighted by Gasteiger charge is -2.13. The quantitative estimate of drug-likeness (QED) is 0.425. The predicted octanol–water partition coefficient (Wildman–Crippen LogP) is 1.88. The third-order valence-electron chi connectivity index (χ3n) is 2.78. The van der Waals surface area contributed by atoms with Crippen molar-refractivity contribution in [2.24, 2.45) is 10.9 Å². The molecule has 4 N–H and O–H groups in total. The summed E-state index contributed by atoms with van der Waals surface area (Å²) in [5, 5.41) is 17.5. The van der Waals surface area contributed by atoms with E-state index in [1.165, 1.54) is 18.2 Å². The molecular formula is C13H16FNO6P+. The van der Waals surface area contributed by atoms with Gasteiger partial charge >= 0.3 is 19.7 Å². The van der Waals surface area contributed by atoms with E-state index in [2.05, 4.69) is 4.99 Å². The molecule has 0 heterocycles. The van der Waals surface area contributed by atoms with Gasteiger partial charge in [-0.05, 0) is 18.6 Å². The number of rotatable bonds is 8. The smallest absolute Gasteiger partial charge is 0.312 e. The first-order chi connectivity index (χ1) is 10.2. The van der Waals surface area contributed by atoms with Crippen molar-refractivity contribution in [3.05, 3.63) is 30.1 Å². The molecule has 0 aliphatic rings. The Bertz CT molecular complexity index is 577. The van der Waals surface area contributed by atoms with E-state index in [1.807, 2.05) is 0 Å². The number of aliphatic imine (C=N–C) groups is 1. The van der Waals surface area contributed by atoms with Gasteiger partial charge in [-0.1, -0.05) is 12.1 Å². The van der Waals surface area contributed by atoms with Crippen LogP contribution in [-0.4, -0.2) is 44.1 Å². The molecular weight excluding hydrogens is 316 g/mol. The van der Waals surface area contributed by atoms with Crippen molar-refractivity contribution in [3.63, 3.8) is 0 Å². The summed E-state index contributed by atoms with van der Waals surface area (Å²) in [5.74, 6) is -3.65. The molecule has 7 nitrogen and oxygen atoms in total. The number of carbonyl (C=O) groups is 2. The molecule has 1 atom stereocenters. The van der Waals surface area contributed by atoms with Gasteiger partial charge in [0.1, 0.15) is 17.7 Å². The Hall–Kier alpha value is -1.89. The highest BCUT2D eigenvalue weighted by Crippen LogP contribution is 2.49. The summed E-state index contributed by atoms with van der Waals surface area (Å²) in [7, 11) is -3.83. The normalized spacial score (nSPS) is 13.2. The summed E-state index contributed by atoms with van der Waals surface area (Å²) in [6, 6.07) is 5.43. The highest BCUT2D eigenvalue weighted by Gasteiger charge is 2.38. The summed E-state index contributed by atoms with van der Waals surface area (Å²) in [6.45, 7) is 0. The number of halogens is 1. The second-order valence-electron chi connectivity index (χ2n) is 4.63. The number of benzene rings is 1. The van der Waals surface area contributed by atoms with Crippen LogP contribution in [0.5, 0.6) is 0 Å².